The summed E-state index contributed by atoms with van der Waals surface area (Å²) in [5, 5.41) is 0. The van der Waals surface area contributed by atoms with E-state index in [-0.39, 0.29) is 5.60 Å². The summed E-state index contributed by atoms with van der Waals surface area (Å²) in [6.45, 7) is 9.14. The topological polar surface area (TPSA) is 9.23 Å². The third-order valence-corrected chi connectivity index (χ3v) is 4.04. The van der Waals surface area contributed by atoms with Crippen LogP contribution in [0.15, 0.2) is 52.5 Å². The SMILES string of the molecule is C=C(C)C[C@@]1(c2ccc(Br)cc2)CC(C)=CCCO1. The van der Waals surface area contributed by atoms with Crippen LogP contribution in [0.4, 0.5) is 0 Å². The molecule has 1 nitrogen and oxygen atoms in total. The van der Waals surface area contributed by atoms with E-state index in [1.54, 1.807) is 0 Å². The maximum Gasteiger partial charge on any atom is 0.100 e. The number of hydrogen-bond acceptors (Lipinski definition) is 1. The molecule has 19 heavy (non-hydrogen) atoms. The highest BCUT2D eigenvalue weighted by Gasteiger charge is 2.34. The summed E-state index contributed by atoms with van der Waals surface area (Å²) < 4.78 is 7.37. The van der Waals surface area contributed by atoms with Gasteiger partial charge in [0.1, 0.15) is 5.60 Å². The third-order valence-electron chi connectivity index (χ3n) is 3.51. The van der Waals surface area contributed by atoms with Crippen molar-refractivity contribution >= 4 is 15.9 Å². The Bertz CT molecular complexity index is 486. The third kappa shape index (κ3) is 3.58. The second kappa shape index (κ2) is 6.06. The Kier molecular flexibility index (Phi) is 4.64. The molecule has 0 amide bonds. The standard InChI is InChI=1S/C17H21BrO/c1-13(2)11-17(12-14(3)5-4-10-19-17)15-6-8-16(18)9-7-15/h5-9H,1,4,10-12H2,2-3H3/t17-/m0/s1. The minimum Gasteiger partial charge on any atom is -0.369 e. The first-order chi connectivity index (χ1) is 9.02. The van der Waals surface area contributed by atoms with E-state index < -0.39 is 0 Å². The molecule has 0 aliphatic carbocycles. The fraction of sp³-hybridized carbons (Fsp3) is 0.412. The maximum absolute atomic E-state index is 6.27. The van der Waals surface area contributed by atoms with Gasteiger partial charge < -0.3 is 4.74 Å². The van der Waals surface area contributed by atoms with Crippen LogP contribution < -0.4 is 0 Å². The number of ether oxygens (including phenoxy) is 1. The largest absolute Gasteiger partial charge is 0.369 e. The van der Waals surface area contributed by atoms with Crippen LogP contribution in [-0.4, -0.2) is 6.61 Å². The van der Waals surface area contributed by atoms with E-state index in [0.29, 0.717) is 0 Å². The van der Waals surface area contributed by atoms with E-state index in [1.807, 2.05) is 0 Å². The van der Waals surface area contributed by atoms with Crippen molar-refractivity contribution in [2.45, 2.75) is 38.7 Å². The Morgan fingerprint density at radius 1 is 1.37 bits per heavy atom. The van der Waals surface area contributed by atoms with E-state index in [0.717, 1.165) is 35.9 Å². The Labute approximate surface area is 124 Å². The minimum absolute atomic E-state index is 0.246. The van der Waals surface area contributed by atoms with Gasteiger partial charge in [-0.15, -0.1) is 6.58 Å². The van der Waals surface area contributed by atoms with Crippen LogP contribution in [0.1, 0.15) is 38.7 Å². The highest BCUT2D eigenvalue weighted by atomic mass is 79.9. The fourth-order valence-corrected chi connectivity index (χ4v) is 3.04. The molecule has 0 aromatic heterocycles. The van der Waals surface area contributed by atoms with Crippen LogP contribution in [0.5, 0.6) is 0 Å². The zero-order chi connectivity index (χ0) is 13.9. The second-order valence-corrected chi connectivity index (χ2v) is 6.42. The van der Waals surface area contributed by atoms with Crippen molar-refractivity contribution in [2.75, 3.05) is 6.61 Å². The van der Waals surface area contributed by atoms with Gasteiger partial charge in [0.25, 0.3) is 0 Å². The molecule has 0 N–H and O–H groups in total. The van der Waals surface area contributed by atoms with E-state index >= 15 is 0 Å². The first kappa shape index (κ1) is 14.5. The second-order valence-electron chi connectivity index (χ2n) is 5.50. The highest BCUT2D eigenvalue weighted by molar-refractivity contribution is 9.10. The summed E-state index contributed by atoms with van der Waals surface area (Å²) in [4.78, 5) is 0. The van der Waals surface area contributed by atoms with Gasteiger partial charge in [0.15, 0.2) is 0 Å². The lowest BCUT2D eigenvalue weighted by atomic mass is 9.82. The molecule has 102 valence electrons. The molecule has 0 saturated carbocycles. The van der Waals surface area contributed by atoms with Crippen molar-refractivity contribution in [2.24, 2.45) is 0 Å². The van der Waals surface area contributed by atoms with Gasteiger partial charge in [0, 0.05) is 17.3 Å². The molecule has 1 heterocycles. The first-order valence-electron chi connectivity index (χ1n) is 6.72. The fourth-order valence-electron chi connectivity index (χ4n) is 2.78. The lowest BCUT2D eigenvalue weighted by molar-refractivity contribution is -0.0446. The van der Waals surface area contributed by atoms with E-state index in [2.05, 4.69) is 66.7 Å². The lowest BCUT2D eigenvalue weighted by Gasteiger charge is -2.34. The molecule has 0 saturated heterocycles. The molecule has 2 heteroatoms. The predicted octanol–water partition coefficient (Wildman–Crippen LogP) is 5.37. The van der Waals surface area contributed by atoms with Gasteiger partial charge >= 0.3 is 0 Å². The number of benzene rings is 1. The van der Waals surface area contributed by atoms with Crippen molar-refractivity contribution in [3.63, 3.8) is 0 Å². The van der Waals surface area contributed by atoms with Gasteiger partial charge in [0.05, 0.1) is 6.61 Å². The van der Waals surface area contributed by atoms with Crippen LogP contribution >= 0.6 is 15.9 Å². The molecule has 0 bridgehead atoms. The first-order valence-corrected chi connectivity index (χ1v) is 7.51. The van der Waals surface area contributed by atoms with Gasteiger partial charge in [-0.25, -0.2) is 0 Å². The Hall–Kier alpha value is -0.860. The van der Waals surface area contributed by atoms with Crippen LogP contribution in [0, 0.1) is 0 Å². The molecule has 0 radical (unpaired) electrons. The summed E-state index contributed by atoms with van der Waals surface area (Å²) in [6, 6.07) is 8.49. The molecule has 1 aromatic rings. The van der Waals surface area contributed by atoms with Crippen LogP contribution in [-0.2, 0) is 10.3 Å². The molecule has 0 unspecified atom stereocenters. The summed E-state index contributed by atoms with van der Waals surface area (Å²) in [7, 11) is 0. The Morgan fingerprint density at radius 2 is 2.05 bits per heavy atom. The van der Waals surface area contributed by atoms with Crippen molar-refractivity contribution in [1.29, 1.82) is 0 Å². The minimum atomic E-state index is -0.246. The normalized spacial score (nSPS) is 23.6. The Balaban J connectivity index is 2.41. The van der Waals surface area contributed by atoms with Crippen molar-refractivity contribution < 1.29 is 4.74 Å². The monoisotopic (exact) mass is 320 g/mol. The molecular formula is C17H21BrO. The predicted molar refractivity (Wildman–Crippen MR) is 84.2 cm³/mol. The molecular weight excluding hydrogens is 300 g/mol. The molecule has 1 aliphatic heterocycles. The lowest BCUT2D eigenvalue weighted by Crippen LogP contribution is -2.30. The quantitative estimate of drug-likeness (QED) is 0.680. The van der Waals surface area contributed by atoms with Gasteiger partial charge in [-0.1, -0.05) is 45.3 Å². The summed E-state index contributed by atoms with van der Waals surface area (Å²) in [5.41, 5.74) is 3.57. The number of rotatable bonds is 3. The maximum atomic E-state index is 6.27. The average Bonchev–Trinajstić information content (AvgIpc) is 2.52. The summed E-state index contributed by atoms with van der Waals surface area (Å²) in [6.07, 6.45) is 5.11. The average molecular weight is 321 g/mol. The number of halogens is 1. The summed E-state index contributed by atoms with van der Waals surface area (Å²) >= 11 is 3.50. The van der Waals surface area contributed by atoms with Gasteiger partial charge in [-0.05, 0) is 38.0 Å². The van der Waals surface area contributed by atoms with Gasteiger partial charge in [0.2, 0.25) is 0 Å². The smallest absolute Gasteiger partial charge is 0.100 e. The molecule has 1 aromatic carbocycles. The molecule has 1 atom stereocenters. The van der Waals surface area contributed by atoms with Crippen molar-refractivity contribution in [1.82, 2.24) is 0 Å². The van der Waals surface area contributed by atoms with E-state index in [9.17, 15) is 0 Å². The highest BCUT2D eigenvalue weighted by Crippen LogP contribution is 2.40. The van der Waals surface area contributed by atoms with Crippen LogP contribution in [0.2, 0.25) is 0 Å². The van der Waals surface area contributed by atoms with Gasteiger partial charge in [-0.3, -0.25) is 0 Å². The van der Waals surface area contributed by atoms with E-state index in [1.165, 1.54) is 11.1 Å². The van der Waals surface area contributed by atoms with Crippen LogP contribution in [0.25, 0.3) is 0 Å². The van der Waals surface area contributed by atoms with Crippen molar-refractivity contribution in [3.8, 4) is 0 Å². The number of hydrogen-bond donors (Lipinski definition) is 0. The molecule has 0 fully saturated rings. The molecule has 1 aliphatic rings. The molecule has 0 spiro atoms. The molecule has 2 rings (SSSR count). The Morgan fingerprint density at radius 3 is 2.68 bits per heavy atom. The zero-order valence-electron chi connectivity index (χ0n) is 11.7. The summed E-state index contributed by atoms with van der Waals surface area (Å²) in [5.74, 6) is 0. The zero-order valence-corrected chi connectivity index (χ0v) is 13.3. The van der Waals surface area contributed by atoms with Gasteiger partial charge in [-0.2, -0.15) is 0 Å². The van der Waals surface area contributed by atoms with Crippen molar-refractivity contribution in [3.05, 3.63) is 58.1 Å². The van der Waals surface area contributed by atoms with E-state index in [4.69, 9.17) is 4.74 Å². The van der Waals surface area contributed by atoms with Crippen LogP contribution in [0.3, 0.4) is 0 Å².